The molecule has 0 unspecified atom stereocenters. The summed E-state index contributed by atoms with van der Waals surface area (Å²) in [5.41, 5.74) is 15.6. The summed E-state index contributed by atoms with van der Waals surface area (Å²) in [6.45, 7) is 0. The van der Waals surface area contributed by atoms with E-state index in [1.54, 1.807) is 0 Å². The van der Waals surface area contributed by atoms with E-state index in [9.17, 15) is 9.59 Å². The van der Waals surface area contributed by atoms with Crippen molar-refractivity contribution in [2.75, 3.05) is 5.73 Å². The Morgan fingerprint density at radius 1 is 1.05 bits per heavy atom. The van der Waals surface area contributed by atoms with Crippen molar-refractivity contribution < 1.29 is 9.59 Å². The van der Waals surface area contributed by atoms with E-state index < -0.39 is 11.8 Å². The predicted octanol–water partition coefficient (Wildman–Crippen LogP) is 1.61. The van der Waals surface area contributed by atoms with Crippen LogP contribution in [0.5, 0.6) is 0 Å². The van der Waals surface area contributed by atoms with Crippen molar-refractivity contribution in [1.29, 1.82) is 0 Å². The standard InChI is InChI=1S/C11H8Cl3N5O2/c12-3-1-4(13)8(5(14)2-3)19-9(15)6(10(16)20)7(18-19)11(17)21/h1-2H,15H2,(H2,16,20)(H2,17,21). The molecule has 0 saturated heterocycles. The fourth-order valence-electron chi connectivity index (χ4n) is 1.75. The number of carbonyl (C=O) groups is 2. The van der Waals surface area contributed by atoms with Crippen LogP contribution in [0.25, 0.3) is 5.69 Å². The molecule has 1 aromatic heterocycles. The van der Waals surface area contributed by atoms with Gasteiger partial charge in [-0.1, -0.05) is 34.8 Å². The second-order valence-corrected chi connectivity index (χ2v) is 5.22. The van der Waals surface area contributed by atoms with Gasteiger partial charge in [-0.2, -0.15) is 5.10 Å². The van der Waals surface area contributed by atoms with Crippen molar-refractivity contribution in [2.45, 2.75) is 0 Å². The number of carbonyl (C=O) groups excluding carboxylic acids is 2. The lowest BCUT2D eigenvalue weighted by molar-refractivity contribution is 0.0965. The molecular weight excluding hydrogens is 341 g/mol. The third kappa shape index (κ3) is 2.63. The summed E-state index contributed by atoms with van der Waals surface area (Å²) in [5, 5.41) is 4.39. The molecule has 21 heavy (non-hydrogen) atoms. The molecule has 0 aliphatic rings. The van der Waals surface area contributed by atoms with Crippen molar-refractivity contribution in [2.24, 2.45) is 11.5 Å². The van der Waals surface area contributed by atoms with Crippen LogP contribution in [0.3, 0.4) is 0 Å². The Labute approximate surface area is 133 Å². The van der Waals surface area contributed by atoms with Crippen LogP contribution in [-0.4, -0.2) is 21.6 Å². The first kappa shape index (κ1) is 15.4. The van der Waals surface area contributed by atoms with Gasteiger partial charge in [-0.15, -0.1) is 0 Å². The number of primary amides is 2. The molecule has 2 rings (SSSR count). The van der Waals surface area contributed by atoms with Gasteiger partial charge in [0.25, 0.3) is 11.8 Å². The SMILES string of the molecule is NC(=O)c1nn(-c2c(Cl)cc(Cl)cc2Cl)c(N)c1C(N)=O. The van der Waals surface area contributed by atoms with Crippen molar-refractivity contribution in [3.63, 3.8) is 0 Å². The highest BCUT2D eigenvalue weighted by atomic mass is 35.5. The van der Waals surface area contributed by atoms with E-state index in [1.165, 1.54) is 12.1 Å². The number of hydrogen-bond donors (Lipinski definition) is 3. The number of anilines is 1. The number of nitrogen functional groups attached to an aromatic ring is 1. The number of amides is 2. The molecule has 1 aromatic carbocycles. The van der Waals surface area contributed by atoms with Crippen LogP contribution < -0.4 is 17.2 Å². The van der Waals surface area contributed by atoms with Gasteiger partial charge in [0.15, 0.2) is 5.69 Å². The molecule has 6 N–H and O–H groups in total. The maximum Gasteiger partial charge on any atom is 0.270 e. The monoisotopic (exact) mass is 347 g/mol. The Morgan fingerprint density at radius 2 is 1.57 bits per heavy atom. The zero-order valence-corrected chi connectivity index (χ0v) is 12.5. The van der Waals surface area contributed by atoms with Crippen LogP contribution in [0.2, 0.25) is 15.1 Å². The third-order valence-electron chi connectivity index (χ3n) is 2.59. The molecule has 0 bridgehead atoms. The highest BCUT2D eigenvalue weighted by Gasteiger charge is 2.26. The molecule has 2 amide bonds. The molecule has 0 radical (unpaired) electrons. The Morgan fingerprint density at radius 3 is 1.95 bits per heavy atom. The number of nitrogens with zero attached hydrogens (tertiary/aromatic N) is 2. The molecule has 110 valence electrons. The van der Waals surface area contributed by atoms with Crippen molar-refractivity contribution in [1.82, 2.24) is 9.78 Å². The Hall–Kier alpha value is -1.96. The maximum atomic E-state index is 11.4. The normalized spacial score (nSPS) is 10.6. The summed E-state index contributed by atoms with van der Waals surface area (Å²) < 4.78 is 1.02. The van der Waals surface area contributed by atoms with E-state index in [2.05, 4.69) is 5.10 Å². The minimum absolute atomic E-state index is 0.119. The van der Waals surface area contributed by atoms with Crippen molar-refractivity contribution >= 4 is 52.4 Å². The largest absolute Gasteiger partial charge is 0.383 e. The molecule has 0 fully saturated rings. The number of nitrogens with two attached hydrogens (primary N) is 3. The third-order valence-corrected chi connectivity index (χ3v) is 3.39. The van der Waals surface area contributed by atoms with Gasteiger partial charge >= 0.3 is 0 Å². The van der Waals surface area contributed by atoms with Gasteiger partial charge in [-0.3, -0.25) is 9.59 Å². The predicted molar refractivity (Wildman–Crippen MR) is 80.0 cm³/mol. The van der Waals surface area contributed by atoms with Gasteiger partial charge in [0.1, 0.15) is 17.1 Å². The lowest BCUT2D eigenvalue weighted by atomic mass is 10.2. The molecular formula is C11H8Cl3N5O2. The number of aromatic nitrogens is 2. The molecule has 0 spiro atoms. The van der Waals surface area contributed by atoms with E-state index in [1.807, 2.05) is 0 Å². The van der Waals surface area contributed by atoms with Crippen LogP contribution in [0.15, 0.2) is 12.1 Å². The summed E-state index contributed by atoms with van der Waals surface area (Å²) in [6.07, 6.45) is 0. The fourth-order valence-corrected chi connectivity index (χ4v) is 2.73. The quantitative estimate of drug-likeness (QED) is 0.777. The second kappa shape index (κ2) is 5.44. The Balaban J connectivity index is 2.80. The lowest BCUT2D eigenvalue weighted by Gasteiger charge is -2.09. The maximum absolute atomic E-state index is 11.4. The highest BCUT2D eigenvalue weighted by molar-refractivity contribution is 6.40. The average molecular weight is 349 g/mol. The molecule has 10 heteroatoms. The van der Waals surface area contributed by atoms with Crippen LogP contribution in [-0.2, 0) is 0 Å². The Kier molecular flexibility index (Phi) is 3.99. The van der Waals surface area contributed by atoms with E-state index in [0.717, 1.165) is 4.68 Å². The van der Waals surface area contributed by atoms with Gasteiger partial charge < -0.3 is 17.2 Å². The van der Waals surface area contributed by atoms with Crippen molar-refractivity contribution in [3.8, 4) is 5.69 Å². The zero-order valence-electron chi connectivity index (χ0n) is 10.2. The van der Waals surface area contributed by atoms with E-state index in [4.69, 9.17) is 52.0 Å². The minimum Gasteiger partial charge on any atom is -0.383 e. The Bertz CT molecular complexity index is 748. The van der Waals surface area contributed by atoms with Gasteiger partial charge in [-0.25, -0.2) is 4.68 Å². The number of benzene rings is 1. The van der Waals surface area contributed by atoms with E-state index >= 15 is 0 Å². The smallest absolute Gasteiger partial charge is 0.270 e. The average Bonchev–Trinajstić information content (AvgIpc) is 2.66. The zero-order chi connectivity index (χ0) is 15.9. The summed E-state index contributed by atoms with van der Waals surface area (Å²) in [4.78, 5) is 22.8. The van der Waals surface area contributed by atoms with E-state index in [0.29, 0.717) is 5.02 Å². The van der Waals surface area contributed by atoms with Crippen LogP contribution in [0.4, 0.5) is 5.82 Å². The first-order valence-electron chi connectivity index (χ1n) is 5.37. The van der Waals surface area contributed by atoms with Gasteiger partial charge in [-0.05, 0) is 12.1 Å². The number of halogens is 3. The summed E-state index contributed by atoms with van der Waals surface area (Å²) in [6, 6.07) is 2.80. The number of hydrogen-bond acceptors (Lipinski definition) is 4. The molecule has 7 nitrogen and oxygen atoms in total. The first-order chi connectivity index (χ1) is 9.73. The molecule has 0 aliphatic heterocycles. The fraction of sp³-hybridized carbons (Fsp3) is 0. The molecule has 0 atom stereocenters. The summed E-state index contributed by atoms with van der Waals surface area (Å²) >= 11 is 17.9. The lowest BCUT2D eigenvalue weighted by Crippen LogP contribution is -2.20. The molecule has 0 aliphatic carbocycles. The van der Waals surface area contributed by atoms with Crippen molar-refractivity contribution in [3.05, 3.63) is 38.5 Å². The topological polar surface area (TPSA) is 130 Å². The van der Waals surface area contributed by atoms with E-state index in [-0.39, 0.29) is 32.8 Å². The number of rotatable bonds is 3. The van der Waals surface area contributed by atoms with Gasteiger partial charge in [0, 0.05) is 5.02 Å². The summed E-state index contributed by atoms with van der Waals surface area (Å²) in [5.74, 6) is -2.12. The highest BCUT2D eigenvalue weighted by Crippen LogP contribution is 2.34. The summed E-state index contributed by atoms with van der Waals surface area (Å²) in [7, 11) is 0. The van der Waals surface area contributed by atoms with Gasteiger partial charge in [0.2, 0.25) is 0 Å². The van der Waals surface area contributed by atoms with Gasteiger partial charge in [0.05, 0.1) is 10.0 Å². The van der Waals surface area contributed by atoms with Crippen LogP contribution >= 0.6 is 34.8 Å². The first-order valence-corrected chi connectivity index (χ1v) is 6.50. The molecule has 0 saturated carbocycles. The minimum atomic E-state index is -0.963. The molecule has 1 heterocycles. The van der Waals surface area contributed by atoms with Crippen LogP contribution in [0, 0.1) is 0 Å². The molecule has 2 aromatic rings. The second-order valence-electron chi connectivity index (χ2n) is 3.97. The van der Waals surface area contributed by atoms with Crippen LogP contribution in [0.1, 0.15) is 20.8 Å².